The maximum atomic E-state index is 8.68. The number of rotatable bonds is 4. The minimum absolute atomic E-state index is 0.141. The van der Waals surface area contributed by atoms with Crippen LogP contribution in [0.3, 0.4) is 0 Å². The number of oxime groups is 1. The van der Waals surface area contributed by atoms with Crippen molar-refractivity contribution in [1.29, 1.82) is 0 Å². The molecule has 98 valence electrons. The summed E-state index contributed by atoms with van der Waals surface area (Å²) in [5.74, 6) is 0.998. The third kappa shape index (κ3) is 3.76. The summed E-state index contributed by atoms with van der Waals surface area (Å²) in [5.41, 5.74) is 8.73. The van der Waals surface area contributed by atoms with Gasteiger partial charge >= 0.3 is 0 Å². The van der Waals surface area contributed by atoms with Crippen molar-refractivity contribution < 1.29 is 5.21 Å². The molecule has 0 radical (unpaired) electrons. The molecule has 2 aromatic rings. The fourth-order valence-electron chi connectivity index (χ4n) is 1.75. The monoisotopic (exact) mass is 272 g/mol. The normalized spacial score (nSPS) is 11.5. The van der Waals surface area contributed by atoms with E-state index in [1.165, 1.54) is 10.5 Å². The van der Waals surface area contributed by atoms with Gasteiger partial charge in [0.15, 0.2) is 5.84 Å². The third-order valence-corrected chi connectivity index (χ3v) is 3.79. The minimum atomic E-state index is 0.141. The summed E-state index contributed by atoms with van der Waals surface area (Å²) >= 11 is 1.77. The zero-order chi connectivity index (χ0) is 13.7. The molecule has 0 atom stereocenters. The molecule has 4 heteroatoms. The van der Waals surface area contributed by atoms with Crippen LogP contribution in [0, 0.1) is 6.92 Å². The molecule has 0 bridgehead atoms. The zero-order valence-corrected chi connectivity index (χ0v) is 11.5. The summed E-state index contributed by atoms with van der Waals surface area (Å²) in [6.45, 7) is 2.09. The van der Waals surface area contributed by atoms with E-state index in [-0.39, 0.29) is 5.84 Å². The molecule has 0 amide bonds. The van der Waals surface area contributed by atoms with Gasteiger partial charge in [-0.05, 0) is 30.7 Å². The lowest BCUT2D eigenvalue weighted by Gasteiger charge is -2.05. The zero-order valence-electron chi connectivity index (χ0n) is 10.7. The van der Waals surface area contributed by atoms with Crippen molar-refractivity contribution in [2.45, 2.75) is 17.6 Å². The van der Waals surface area contributed by atoms with Crippen LogP contribution in [-0.2, 0) is 5.75 Å². The smallest absolute Gasteiger partial charge is 0.170 e. The third-order valence-electron chi connectivity index (χ3n) is 2.73. The lowest BCUT2D eigenvalue weighted by atomic mass is 10.1. The van der Waals surface area contributed by atoms with Crippen molar-refractivity contribution in [2.75, 3.05) is 0 Å². The molecule has 0 heterocycles. The van der Waals surface area contributed by atoms with Gasteiger partial charge in [0.1, 0.15) is 0 Å². The van der Waals surface area contributed by atoms with E-state index in [1.807, 2.05) is 24.3 Å². The largest absolute Gasteiger partial charge is 0.409 e. The molecule has 0 aliphatic rings. The van der Waals surface area contributed by atoms with Crippen LogP contribution in [0.2, 0.25) is 0 Å². The van der Waals surface area contributed by atoms with E-state index in [0.717, 1.165) is 16.9 Å². The van der Waals surface area contributed by atoms with Crippen LogP contribution < -0.4 is 5.73 Å². The molecule has 2 aromatic carbocycles. The van der Waals surface area contributed by atoms with Crippen LogP contribution in [0.1, 0.15) is 16.7 Å². The van der Waals surface area contributed by atoms with E-state index < -0.39 is 0 Å². The van der Waals surface area contributed by atoms with Crippen LogP contribution >= 0.6 is 11.8 Å². The molecule has 3 N–H and O–H groups in total. The molecule has 0 aromatic heterocycles. The summed E-state index contributed by atoms with van der Waals surface area (Å²) in [7, 11) is 0. The lowest BCUT2D eigenvalue weighted by Crippen LogP contribution is -2.13. The standard InChI is InChI=1S/C15H16N2OS/c1-11-4-2-7-14(8-11)19-10-12-5-3-6-13(9-12)15(16)17-18/h2-9,18H,10H2,1H3,(H2,16,17). The van der Waals surface area contributed by atoms with Crippen molar-refractivity contribution in [2.24, 2.45) is 10.9 Å². The molecule has 0 saturated carbocycles. The molecular formula is C15H16N2OS. The van der Waals surface area contributed by atoms with Gasteiger partial charge in [0.25, 0.3) is 0 Å². The molecule has 0 unspecified atom stereocenters. The number of nitrogens with two attached hydrogens (primary N) is 1. The van der Waals surface area contributed by atoms with Crippen LogP contribution in [0.25, 0.3) is 0 Å². The SMILES string of the molecule is Cc1cccc(SCc2cccc(C(N)=NO)c2)c1. The Morgan fingerprint density at radius 1 is 1.21 bits per heavy atom. The van der Waals surface area contributed by atoms with E-state index in [9.17, 15) is 0 Å². The summed E-state index contributed by atoms with van der Waals surface area (Å²) in [6.07, 6.45) is 0. The Kier molecular flexibility index (Phi) is 4.47. The Balaban J connectivity index is 2.08. The molecule has 0 aliphatic carbocycles. The minimum Gasteiger partial charge on any atom is -0.409 e. The number of amidine groups is 1. The first-order chi connectivity index (χ1) is 9.19. The first-order valence-corrected chi connectivity index (χ1v) is 6.94. The average Bonchev–Trinajstić information content (AvgIpc) is 2.45. The number of nitrogens with zero attached hydrogens (tertiary/aromatic N) is 1. The maximum absolute atomic E-state index is 8.68. The molecule has 0 aliphatic heterocycles. The summed E-state index contributed by atoms with van der Waals surface area (Å²) in [4.78, 5) is 1.24. The molecule has 3 nitrogen and oxygen atoms in total. The number of hydrogen-bond acceptors (Lipinski definition) is 3. The van der Waals surface area contributed by atoms with Crippen molar-refractivity contribution in [3.63, 3.8) is 0 Å². The van der Waals surface area contributed by atoms with Gasteiger partial charge in [0.05, 0.1) is 0 Å². The topological polar surface area (TPSA) is 58.6 Å². The molecule has 19 heavy (non-hydrogen) atoms. The van der Waals surface area contributed by atoms with Crippen molar-refractivity contribution in [3.8, 4) is 0 Å². The number of thioether (sulfide) groups is 1. The van der Waals surface area contributed by atoms with Crippen LogP contribution in [0.15, 0.2) is 58.6 Å². The van der Waals surface area contributed by atoms with Gasteiger partial charge in [-0.25, -0.2) is 0 Å². The predicted molar refractivity (Wildman–Crippen MR) is 79.7 cm³/mol. The quantitative estimate of drug-likeness (QED) is 0.295. The van der Waals surface area contributed by atoms with Crippen LogP contribution in [0.5, 0.6) is 0 Å². The second-order valence-electron chi connectivity index (χ2n) is 4.29. The fraction of sp³-hybridized carbons (Fsp3) is 0.133. The van der Waals surface area contributed by atoms with Gasteiger partial charge in [-0.15, -0.1) is 11.8 Å². The highest BCUT2D eigenvalue weighted by molar-refractivity contribution is 7.98. The van der Waals surface area contributed by atoms with Gasteiger partial charge in [-0.3, -0.25) is 0 Å². The molecule has 0 spiro atoms. The first-order valence-electron chi connectivity index (χ1n) is 5.95. The van der Waals surface area contributed by atoms with Crippen molar-refractivity contribution >= 4 is 17.6 Å². The molecule has 0 fully saturated rings. The van der Waals surface area contributed by atoms with Gasteiger partial charge in [0.2, 0.25) is 0 Å². The maximum Gasteiger partial charge on any atom is 0.170 e. The van der Waals surface area contributed by atoms with Gasteiger partial charge in [-0.2, -0.15) is 0 Å². The van der Waals surface area contributed by atoms with E-state index in [4.69, 9.17) is 10.9 Å². The van der Waals surface area contributed by atoms with Crippen LogP contribution in [-0.4, -0.2) is 11.0 Å². The highest BCUT2D eigenvalue weighted by Gasteiger charge is 2.01. The Bertz CT molecular complexity index is 596. The molecular weight excluding hydrogens is 256 g/mol. The second kappa shape index (κ2) is 6.29. The predicted octanol–water partition coefficient (Wildman–Crippen LogP) is 3.38. The van der Waals surface area contributed by atoms with Crippen molar-refractivity contribution in [1.82, 2.24) is 0 Å². The first kappa shape index (κ1) is 13.5. The summed E-state index contributed by atoms with van der Waals surface area (Å²) < 4.78 is 0. The number of aryl methyl sites for hydroxylation is 1. The van der Waals surface area contributed by atoms with E-state index in [1.54, 1.807) is 11.8 Å². The second-order valence-corrected chi connectivity index (χ2v) is 5.34. The lowest BCUT2D eigenvalue weighted by molar-refractivity contribution is 0.318. The highest BCUT2D eigenvalue weighted by Crippen LogP contribution is 2.23. The Morgan fingerprint density at radius 2 is 2.00 bits per heavy atom. The van der Waals surface area contributed by atoms with Gasteiger partial charge in [-0.1, -0.05) is 41.1 Å². The Labute approximate surface area is 117 Å². The summed E-state index contributed by atoms with van der Waals surface area (Å²) in [5, 5.41) is 11.7. The average molecular weight is 272 g/mol. The summed E-state index contributed by atoms with van der Waals surface area (Å²) in [6, 6.07) is 16.1. The van der Waals surface area contributed by atoms with Crippen LogP contribution in [0.4, 0.5) is 0 Å². The van der Waals surface area contributed by atoms with Crippen molar-refractivity contribution in [3.05, 3.63) is 65.2 Å². The van der Waals surface area contributed by atoms with E-state index in [0.29, 0.717) is 0 Å². The molecule has 0 saturated heterocycles. The fourth-order valence-corrected chi connectivity index (χ4v) is 2.71. The Morgan fingerprint density at radius 3 is 2.74 bits per heavy atom. The van der Waals surface area contributed by atoms with E-state index >= 15 is 0 Å². The van der Waals surface area contributed by atoms with Gasteiger partial charge in [0, 0.05) is 16.2 Å². The van der Waals surface area contributed by atoms with E-state index in [2.05, 4.69) is 36.3 Å². The number of hydrogen-bond donors (Lipinski definition) is 2. The molecule has 2 rings (SSSR count). The highest BCUT2D eigenvalue weighted by atomic mass is 32.2. The Hall–Kier alpha value is -1.94. The number of benzene rings is 2. The van der Waals surface area contributed by atoms with Gasteiger partial charge < -0.3 is 10.9 Å².